The van der Waals surface area contributed by atoms with Crippen LogP contribution in [-0.2, 0) is 25.5 Å². The van der Waals surface area contributed by atoms with Crippen LogP contribution >= 0.6 is 0 Å². The zero-order valence-corrected chi connectivity index (χ0v) is 18.3. The Morgan fingerprint density at radius 1 is 1.06 bits per heavy atom. The Kier molecular flexibility index (Phi) is 8.37. The second-order valence-electron chi connectivity index (χ2n) is 7.37. The Balaban J connectivity index is 2.00. The van der Waals surface area contributed by atoms with Crippen LogP contribution in [0.4, 0.5) is 11.4 Å². The summed E-state index contributed by atoms with van der Waals surface area (Å²) in [7, 11) is 0. The summed E-state index contributed by atoms with van der Waals surface area (Å²) in [6, 6.07) is 11.5. The lowest BCUT2D eigenvalue weighted by Gasteiger charge is -2.12. The lowest BCUT2D eigenvalue weighted by Crippen LogP contribution is -2.32. The summed E-state index contributed by atoms with van der Waals surface area (Å²) in [6.07, 6.45) is 0.546. The molecule has 2 aromatic carbocycles. The standard InChI is InChI=1S/C24H27N3O4/c1-15(2)24(30)31-13-12-19-7-9-20(10-8-19)26-27-22(18(5)28)23(29)25-21-11-6-16(3)14-17(21)4/h6-11,14,22H,1,12-13H2,2-5H3,(H,25,29). The van der Waals surface area contributed by atoms with E-state index in [0.717, 1.165) is 16.7 Å². The zero-order chi connectivity index (χ0) is 23.0. The first-order valence-electron chi connectivity index (χ1n) is 9.88. The number of nitrogens with one attached hydrogen (secondary N) is 1. The number of esters is 1. The third kappa shape index (κ3) is 7.29. The molecule has 2 aromatic rings. The van der Waals surface area contributed by atoms with Crippen LogP contribution in [0, 0.1) is 13.8 Å². The van der Waals surface area contributed by atoms with Crippen molar-refractivity contribution in [2.24, 2.45) is 10.2 Å². The second-order valence-corrected chi connectivity index (χ2v) is 7.37. The average Bonchev–Trinajstić information content (AvgIpc) is 2.71. The predicted octanol–water partition coefficient (Wildman–Crippen LogP) is 4.65. The number of aryl methyl sites for hydroxylation is 2. The maximum atomic E-state index is 12.6. The van der Waals surface area contributed by atoms with E-state index in [9.17, 15) is 14.4 Å². The summed E-state index contributed by atoms with van der Waals surface area (Å²) < 4.78 is 5.07. The third-order valence-corrected chi connectivity index (χ3v) is 4.47. The highest BCUT2D eigenvalue weighted by Gasteiger charge is 2.23. The number of hydrogen-bond acceptors (Lipinski definition) is 6. The molecule has 0 saturated heterocycles. The van der Waals surface area contributed by atoms with Gasteiger partial charge >= 0.3 is 5.97 Å². The van der Waals surface area contributed by atoms with Crippen molar-refractivity contribution in [1.29, 1.82) is 0 Å². The number of benzene rings is 2. The highest BCUT2D eigenvalue weighted by molar-refractivity contribution is 6.10. The number of nitrogens with zero attached hydrogens (tertiary/aromatic N) is 2. The average molecular weight is 421 g/mol. The first-order valence-corrected chi connectivity index (χ1v) is 9.88. The van der Waals surface area contributed by atoms with Crippen LogP contribution in [0.3, 0.4) is 0 Å². The van der Waals surface area contributed by atoms with Crippen LogP contribution in [0.5, 0.6) is 0 Å². The Hall–Kier alpha value is -3.61. The Labute approximate surface area is 182 Å². The van der Waals surface area contributed by atoms with Gasteiger partial charge in [0.25, 0.3) is 5.91 Å². The van der Waals surface area contributed by atoms with Gasteiger partial charge in [0.2, 0.25) is 6.04 Å². The number of ketones is 1. The number of Topliss-reactive ketones (excluding diaryl/α,β-unsaturated/α-hetero) is 1. The van der Waals surface area contributed by atoms with Gasteiger partial charge in [-0.25, -0.2) is 4.79 Å². The fourth-order valence-electron chi connectivity index (χ4n) is 2.71. The SMILES string of the molecule is C=C(C)C(=O)OCCc1ccc(N=NC(C(C)=O)C(=O)Nc2ccc(C)cc2C)cc1. The summed E-state index contributed by atoms with van der Waals surface area (Å²) in [5.74, 6) is -1.35. The number of hydrogen-bond donors (Lipinski definition) is 1. The zero-order valence-electron chi connectivity index (χ0n) is 18.3. The molecule has 1 atom stereocenters. The van der Waals surface area contributed by atoms with E-state index in [1.165, 1.54) is 6.92 Å². The molecule has 162 valence electrons. The molecule has 0 aliphatic rings. The second kappa shape index (κ2) is 11.0. The number of carbonyl (C=O) groups is 3. The van der Waals surface area contributed by atoms with Crippen molar-refractivity contribution in [2.45, 2.75) is 40.2 Å². The molecule has 0 heterocycles. The van der Waals surface area contributed by atoms with Crippen molar-refractivity contribution in [3.63, 3.8) is 0 Å². The molecule has 31 heavy (non-hydrogen) atoms. The minimum absolute atomic E-state index is 0.248. The Bertz CT molecular complexity index is 1010. The number of carbonyl (C=O) groups excluding carboxylic acids is 3. The van der Waals surface area contributed by atoms with Crippen molar-refractivity contribution in [3.8, 4) is 0 Å². The normalized spacial score (nSPS) is 11.7. The molecule has 0 aliphatic heterocycles. The van der Waals surface area contributed by atoms with Gasteiger partial charge in [0, 0.05) is 17.7 Å². The van der Waals surface area contributed by atoms with Crippen molar-refractivity contribution in [3.05, 3.63) is 71.3 Å². The minimum Gasteiger partial charge on any atom is -0.462 e. The smallest absolute Gasteiger partial charge is 0.333 e. The number of amides is 1. The van der Waals surface area contributed by atoms with E-state index < -0.39 is 23.7 Å². The molecule has 7 nitrogen and oxygen atoms in total. The van der Waals surface area contributed by atoms with Gasteiger partial charge in [0.1, 0.15) is 0 Å². The molecule has 0 bridgehead atoms. The van der Waals surface area contributed by atoms with Gasteiger partial charge in [-0.1, -0.05) is 36.4 Å². The highest BCUT2D eigenvalue weighted by Crippen LogP contribution is 2.18. The van der Waals surface area contributed by atoms with Crippen LogP contribution in [0.2, 0.25) is 0 Å². The number of anilines is 1. The fraction of sp³-hybridized carbons (Fsp3) is 0.292. The summed E-state index contributed by atoms with van der Waals surface area (Å²) in [4.78, 5) is 35.9. The summed E-state index contributed by atoms with van der Waals surface area (Å²) in [5, 5.41) is 10.7. The van der Waals surface area contributed by atoms with Crippen molar-refractivity contribution >= 4 is 29.0 Å². The van der Waals surface area contributed by atoms with Crippen molar-refractivity contribution < 1.29 is 19.1 Å². The van der Waals surface area contributed by atoms with E-state index in [1.54, 1.807) is 25.1 Å². The van der Waals surface area contributed by atoms with E-state index in [4.69, 9.17) is 4.74 Å². The van der Waals surface area contributed by atoms with E-state index in [-0.39, 0.29) is 6.61 Å². The molecule has 0 spiro atoms. The summed E-state index contributed by atoms with van der Waals surface area (Å²) in [6.45, 7) is 10.5. The minimum atomic E-state index is -1.23. The molecule has 1 amide bonds. The molecule has 0 radical (unpaired) electrons. The highest BCUT2D eigenvalue weighted by atomic mass is 16.5. The van der Waals surface area contributed by atoms with Gasteiger partial charge in [-0.3, -0.25) is 9.59 Å². The van der Waals surface area contributed by atoms with Crippen LogP contribution in [0.1, 0.15) is 30.5 Å². The fourth-order valence-corrected chi connectivity index (χ4v) is 2.71. The lowest BCUT2D eigenvalue weighted by molar-refractivity contribution is -0.138. The Morgan fingerprint density at radius 3 is 2.32 bits per heavy atom. The van der Waals surface area contributed by atoms with Crippen LogP contribution in [-0.4, -0.2) is 30.3 Å². The maximum absolute atomic E-state index is 12.6. The third-order valence-electron chi connectivity index (χ3n) is 4.47. The summed E-state index contributed by atoms with van der Waals surface area (Å²) in [5.41, 5.74) is 4.43. The van der Waals surface area contributed by atoms with Crippen LogP contribution in [0.15, 0.2) is 64.8 Å². The molecule has 1 N–H and O–H groups in total. The van der Waals surface area contributed by atoms with Crippen LogP contribution in [0.25, 0.3) is 0 Å². The van der Waals surface area contributed by atoms with E-state index in [2.05, 4.69) is 22.1 Å². The molecule has 2 rings (SSSR count). The molecule has 0 saturated carbocycles. The summed E-state index contributed by atoms with van der Waals surface area (Å²) >= 11 is 0. The van der Waals surface area contributed by atoms with Gasteiger partial charge < -0.3 is 10.1 Å². The topological polar surface area (TPSA) is 97.2 Å². The number of azo groups is 1. The van der Waals surface area contributed by atoms with Gasteiger partial charge in [-0.05, 0) is 57.0 Å². The molecule has 1 unspecified atom stereocenters. The van der Waals surface area contributed by atoms with E-state index in [0.29, 0.717) is 23.4 Å². The number of ether oxygens (including phenoxy) is 1. The lowest BCUT2D eigenvalue weighted by atomic mass is 10.1. The monoisotopic (exact) mass is 421 g/mol. The predicted molar refractivity (Wildman–Crippen MR) is 119 cm³/mol. The van der Waals surface area contributed by atoms with Crippen molar-refractivity contribution in [1.82, 2.24) is 0 Å². The molecular weight excluding hydrogens is 394 g/mol. The molecule has 0 aromatic heterocycles. The van der Waals surface area contributed by atoms with Crippen molar-refractivity contribution in [2.75, 3.05) is 11.9 Å². The van der Waals surface area contributed by atoms with Crippen LogP contribution < -0.4 is 5.32 Å². The maximum Gasteiger partial charge on any atom is 0.333 e. The molecular formula is C24H27N3O4. The first kappa shape index (κ1) is 23.7. The largest absolute Gasteiger partial charge is 0.462 e. The van der Waals surface area contributed by atoms with E-state index >= 15 is 0 Å². The quantitative estimate of drug-likeness (QED) is 0.276. The van der Waals surface area contributed by atoms with Gasteiger partial charge in [-0.2, -0.15) is 10.2 Å². The first-order chi connectivity index (χ1) is 14.7. The number of rotatable bonds is 9. The van der Waals surface area contributed by atoms with Gasteiger partial charge in [0.15, 0.2) is 5.78 Å². The molecule has 7 heteroatoms. The molecule has 0 fully saturated rings. The van der Waals surface area contributed by atoms with Gasteiger partial charge in [-0.15, -0.1) is 0 Å². The van der Waals surface area contributed by atoms with Gasteiger partial charge in [0.05, 0.1) is 12.3 Å². The Morgan fingerprint density at radius 2 is 1.74 bits per heavy atom. The molecule has 0 aliphatic carbocycles. The van der Waals surface area contributed by atoms with E-state index in [1.807, 2.05) is 38.1 Å².